The van der Waals surface area contributed by atoms with Crippen molar-refractivity contribution in [2.45, 2.75) is 26.3 Å². The van der Waals surface area contributed by atoms with Crippen molar-refractivity contribution < 1.29 is 9.47 Å². The minimum Gasteiger partial charge on any atom is -0.497 e. The quantitative estimate of drug-likeness (QED) is 0.508. The molecule has 0 atom stereocenters. The molecule has 0 saturated heterocycles. The van der Waals surface area contributed by atoms with Crippen molar-refractivity contribution in [3.8, 4) is 11.5 Å². The summed E-state index contributed by atoms with van der Waals surface area (Å²) in [5.74, 6) is 3.27. The number of guanidine groups is 1. The number of rotatable bonds is 6. The van der Waals surface area contributed by atoms with Gasteiger partial charge in [0.25, 0.3) is 0 Å². The Balaban J connectivity index is 0.00000288. The first-order valence-electron chi connectivity index (χ1n) is 7.23. The number of benzene rings is 1. The van der Waals surface area contributed by atoms with Gasteiger partial charge >= 0.3 is 0 Å². The second-order valence-electron chi connectivity index (χ2n) is 5.19. The molecule has 1 aromatic heterocycles. The van der Waals surface area contributed by atoms with Crippen LogP contribution in [-0.4, -0.2) is 35.4 Å². The molecule has 132 valence electrons. The van der Waals surface area contributed by atoms with Crippen LogP contribution in [0.15, 0.2) is 23.2 Å². The Morgan fingerprint density at radius 1 is 1.33 bits per heavy atom. The van der Waals surface area contributed by atoms with E-state index in [9.17, 15) is 0 Å². The summed E-state index contributed by atoms with van der Waals surface area (Å²) < 4.78 is 10.5. The lowest BCUT2D eigenvalue weighted by Crippen LogP contribution is -2.23. The number of nitrogens with one attached hydrogen (secondary N) is 2. The van der Waals surface area contributed by atoms with Gasteiger partial charge in [0.05, 0.1) is 19.9 Å². The van der Waals surface area contributed by atoms with Crippen LogP contribution in [0, 0.1) is 0 Å². The topological polar surface area (TPSA) is 110 Å². The van der Waals surface area contributed by atoms with Gasteiger partial charge in [-0.05, 0) is 12.1 Å². The summed E-state index contributed by atoms with van der Waals surface area (Å²) in [5.41, 5.74) is 6.61. The summed E-state index contributed by atoms with van der Waals surface area (Å²) >= 11 is 0. The Kier molecular flexibility index (Phi) is 7.50. The van der Waals surface area contributed by atoms with E-state index in [0.29, 0.717) is 29.6 Å². The summed E-state index contributed by atoms with van der Waals surface area (Å²) in [4.78, 5) is 8.59. The van der Waals surface area contributed by atoms with Gasteiger partial charge < -0.3 is 20.5 Å². The van der Waals surface area contributed by atoms with Gasteiger partial charge in [-0.25, -0.2) is 9.98 Å². The zero-order valence-corrected chi connectivity index (χ0v) is 15.9. The average Bonchev–Trinajstić information content (AvgIpc) is 3.02. The van der Waals surface area contributed by atoms with Gasteiger partial charge in [-0.2, -0.15) is 5.10 Å². The molecule has 0 fully saturated rings. The van der Waals surface area contributed by atoms with Crippen LogP contribution in [0.5, 0.6) is 11.5 Å². The van der Waals surface area contributed by atoms with Gasteiger partial charge in [0.1, 0.15) is 23.9 Å². The number of nitrogens with zero attached hydrogens (tertiary/aromatic N) is 3. The van der Waals surface area contributed by atoms with Gasteiger partial charge in [0, 0.05) is 12.0 Å². The molecule has 8 nitrogen and oxygen atoms in total. The molecule has 1 heterocycles. The maximum atomic E-state index is 5.90. The van der Waals surface area contributed by atoms with Crippen LogP contribution in [-0.2, 0) is 6.54 Å². The van der Waals surface area contributed by atoms with Crippen molar-refractivity contribution in [1.82, 2.24) is 15.2 Å². The second-order valence-corrected chi connectivity index (χ2v) is 5.19. The number of H-pyrrole nitrogens is 1. The lowest BCUT2D eigenvalue weighted by Gasteiger charge is -2.11. The SMILES string of the molecule is Br.COc1ccc(NC(N)=NCc2nc(C(C)C)n[nH]2)c(OC)c1. The van der Waals surface area contributed by atoms with E-state index < -0.39 is 0 Å². The number of anilines is 1. The molecular formula is C15H23BrN6O2. The fourth-order valence-corrected chi connectivity index (χ4v) is 1.88. The van der Waals surface area contributed by atoms with E-state index in [-0.39, 0.29) is 28.9 Å². The predicted octanol–water partition coefficient (Wildman–Crippen LogP) is 2.45. The Hall–Kier alpha value is -2.29. The second kappa shape index (κ2) is 9.11. The number of nitrogens with two attached hydrogens (primary N) is 1. The number of ether oxygens (including phenoxy) is 2. The zero-order valence-electron chi connectivity index (χ0n) is 14.2. The van der Waals surface area contributed by atoms with E-state index in [1.807, 2.05) is 26.0 Å². The largest absolute Gasteiger partial charge is 0.497 e. The number of aromatic nitrogens is 3. The minimum atomic E-state index is 0. The van der Waals surface area contributed by atoms with Crippen LogP contribution in [0.1, 0.15) is 31.4 Å². The van der Waals surface area contributed by atoms with Crippen LogP contribution in [0.25, 0.3) is 0 Å². The van der Waals surface area contributed by atoms with Crippen LogP contribution in [0.2, 0.25) is 0 Å². The molecular weight excluding hydrogens is 376 g/mol. The fraction of sp³-hybridized carbons (Fsp3) is 0.400. The van der Waals surface area contributed by atoms with Gasteiger partial charge in [-0.15, -0.1) is 17.0 Å². The molecule has 0 bridgehead atoms. The minimum absolute atomic E-state index is 0. The molecule has 0 aliphatic rings. The summed E-state index contributed by atoms with van der Waals surface area (Å²) in [6.45, 7) is 4.38. The normalized spacial score (nSPS) is 11.1. The number of aromatic amines is 1. The lowest BCUT2D eigenvalue weighted by atomic mass is 10.2. The van der Waals surface area contributed by atoms with E-state index in [2.05, 4.69) is 25.5 Å². The molecule has 0 radical (unpaired) electrons. The highest BCUT2D eigenvalue weighted by molar-refractivity contribution is 8.93. The third-order valence-electron chi connectivity index (χ3n) is 3.14. The highest BCUT2D eigenvalue weighted by atomic mass is 79.9. The molecule has 24 heavy (non-hydrogen) atoms. The van der Waals surface area contributed by atoms with Gasteiger partial charge in [0.15, 0.2) is 11.8 Å². The van der Waals surface area contributed by atoms with Crippen molar-refractivity contribution in [3.05, 3.63) is 29.8 Å². The summed E-state index contributed by atoms with van der Waals surface area (Å²) in [7, 11) is 3.18. The Morgan fingerprint density at radius 2 is 2.08 bits per heavy atom. The van der Waals surface area contributed by atoms with Crippen molar-refractivity contribution in [2.24, 2.45) is 10.7 Å². The molecule has 0 aliphatic heterocycles. The summed E-state index contributed by atoms with van der Waals surface area (Å²) in [6, 6.07) is 5.38. The first-order valence-corrected chi connectivity index (χ1v) is 7.23. The average molecular weight is 399 g/mol. The van der Waals surface area contributed by atoms with E-state index in [1.165, 1.54) is 0 Å². The van der Waals surface area contributed by atoms with Crippen molar-refractivity contribution in [2.75, 3.05) is 19.5 Å². The van der Waals surface area contributed by atoms with E-state index in [4.69, 9.17) is 15.2 Å². The van der Waals surface area contributed by atoms with Crippen molar-refractivity contribution >= 4 is 28.6 Å². The molecule has 1 aromatic carbocycles. The molecule has 0 aliphatic carbocycles. The number of hydrogen-bond donors (Lipinski definition) is 3. The zero-order chi connectivity index (χ0) is 16.8. The molecule has 0 amide bonds. The number of halogens is 1. The molecule has 0 saturated carbocycles. The Bertz CT molecular complexity index is 686. The summed E-state index contributed by atoms with van der Waals surface area (Å²) in [5, 5.41) is 9.97. The molecule has 4 N–H and O–H groups in total. The van der Waals surface area contributed by atoms with Gasteiger partial charge in [0.2, 0.25) is 0 Å². The molecule has 9 heteroatoms. The van der Waals surface area contributed by atoms with Gasteiger partial charge in [-0.3, -0.25) is 5.10 Å². The smallest absolute Gasteiger partial charge is 0.193 e. The van der Waals surface area contributed by atoms with E-state index in [1.54, 1.807) is 20.3 Å². The maximum Gasteiger partial charge on any atom is 0.193 e. The molecule has 0 spiro atoms. The monoisotopic (exact) mass is 398 g/mol. The van der Waals surface area contributed by atoms with Crippen molar-refractivity contribution in [1.29, 1.82) is 0 Å². The molecule has 2 rings (SSSR count). The van der Waals surface area contributed by atoms with E-state index in [0.717, 1.165) is 5.82 Å². The van der Waals surface area contributed by atoms with Crippen LogP contribution >= 0.6 is 17.0 Å². The van der Waals surface area contributed by atoms with Gasteiger partial charge in [-0.1, -0.05) is 13.8 Å². The predicted molar refractivity (Wildman–Crippen MR) is 99.3 cm³/mol. The standard InChI is InChI=1S/C15H22N6O2.BrH/c1-9(2)14-19-13(20-21-14)8-17-15(16)18-11-6-5-10(22-3)7-12(11)23-4;/h5-7,9H,8H2,1-4H3,(H3,16,17,18)(H,19,20,21);1H. The third kappa shape index (κ3) is 5.12. The number of hydrogen-bond acceptors (Lipinski definition) is 5. The van der Waals surface area contributed by atoms with Crippen LogP contribution in [0.3, 0.4) is 0 Å². The first kappa shape index (κ1) is 19.8. The Labute approximate surface area is 151 Å². The van der Waals surface area contributed by atoms with Crippen LogP contribution in [0.4, 0.5) is 5.69 Å². The summed E-state index contributed by atoms with van der Waals surface area (Å²) in [6.07, 6.45) is 0. The first-order chi connectivity index (χ1) is 11.0. The highest BCUT2D eigenvalue weighted by Gasteiger charge is 2.08. The number of aliphatic imine (C=N–C) groups is 1. The fourth-order valence-electron chi connectivity index (χ4n) is 1.88. The third-order valence-corrected chi connectivity index (χ3v) is 3.14. The van der Waals surface area contributed by atoms with Crippen molar-refractivity contribution in [3.63, 3.8) is 0 Å². The lowest BCUT2D eigenvalue weighted by molar-refractivity contribution is 0.395. The highest BCUT2D eigenvalue weighted by Crippen LogP contribution is 2.28. The van der Waals surface area contributed by atoms with Crippen LogP contribution < -0.4 is 20.5 Å². The molecule has 0 unspecified atom stereocenters. The maximum absolute atomic E-state index is 5.90. The Morgan fingerprint density at radius 3 is 2.67 bits per heavy atom. The number of methoxy groups -OCH3 is 2. The molecule has 2 aromatic rings. The van der Waals surface area contributed by atoms with E-state index >= 15 is 0 Å².